The average Bonchev–Trinajstić information content (AvgIpc) is 2.46. The topological polar surface area (TPSA) is 0 Å². The molecule has 0 N–H and O–H groups in total. The first kappa shape index (κ1) is 14.6. The summed E-state index contributed by atoms with van der Waals surface area (Å²) >= 11 is 0. The monoisotopic (exact) mass is 264 g/mol. The predicted octanol–water partition coefficient (Wildman–Crippen LogP) is 6.03. The molecule has 0 heterocycles. The minimum atomic E-state index is 1.13. The van der Waals surface area contributed by atoms with Crippen LogP contribution >= 0.6 is 0 Å². The fourth-order valence-electron chi connectivity index (χ4n) is 2.84. The second kappa shape index (κ2) is 6.56. The van der Waals surface area contributed by atoms with Crippen LogP contribution in [0.3, 0.4) is 0 Å². The molecule has 0 bridgehead atoms. The van der Waals surface area contributed by atoms with Gasteiger partial charge in [-0.3, -0.25) is 0 Å². The van der Waals surface area contributed by atoms with Crippen LogP contribution in [0.15, 0.2) is 48.5 Å². The van der Waals surface area contributed by atoms with Crippen molar-refractivity contribution < 1.29 is 0 Å². The van der Waals surface area contributed by atoms with Crippen LogP contribution in [0.4, 0.5) is 0 Å². The van der Waals surface area contributed by atoms with Gasteiger partial charge in [-0.05, 0) is 60.6 Å². The molecule has 0 heteroatoms. The van der Waals surface area contributed by atoms with E-state index in [-0.39, 0.29) is 0 Å². The lowest BCUT2D eigenvalue weighted by Crippen LogP contribution is -1.94. The minimum Gasteiger partial charge on any atom is -0.0651 e. The van der Waals surface area contributed by atoms with Crippen molar-refractivity contribution in [1.29, 1.82) is 0 Å². The molecule has 20 heavy (non-hydrogen) atoms. The molecule has 0 radical (unpaired) electrons. The average molecular weight is 264 g/mol. The summed E-state index contributed by atoms with van der Waals surface area (Å²) in [7, 11) is 0. The molecule has 0 aliphatic rings. The van der Waals surface area contributed by atoms with Crippen LogP contribution in [0.25, 0.3) is 11.1 Å². The number of benzene rings is 2. The van der Waals surface area contributed by atoms with Gasteiger partial charge < -0.3 is 0 Å². The van der Waals surface area contributed by atoms with Gasteiger partial charge in [0.15, 0.2) is 0 Å². The molecule has 2 aromatic carbocycles. The fraction of sp³-hybridized carbons (Fsp3) is 0.300. The molecule has 0 saturated heterocycles. The lowest BCUT2D eigenvalue weighted by molar-refractivity contribution is 0.972. The molecule has 0 aliphatic heterocycles. The number of hydrogen-bond donors (Lipinski definition) is 0. The Kier molecular flexibility index (Phi) is 4.79. The third-order valence-corrected chi connectivity index (χ3v) is 3.97. The first-order valence-electron chi connectivity index (χ1n) is 7.47. The Balaban J connectivity index is 2.60. The molecular formula is C20H24. The molecular weight excluding hydrogens is 240 g/mol. The van der Waals surface area contributed by atoms with Gasteiger partial charge in [0.05, 0.1) is 0 Å². The van der Waals surface area contributed by atoms with Crippen molar-refractivity contribution in [2.24, 2.45) is 0 Å². The van der Waals surface area contributed by atoms with Crippen molar-refractivity contribution in [3.63, 3.8) is 0 Å². The molecule has 0 spiro atoms. The summed E-state index contributed by atoms with van der Waals surface area (Å²) in [6, 6.07) is 17.4. The van der Waals surface area contributed by atoms with Gasteiger partial charge >= 0.3 is 0 Å². The molecule has 0 nitrogen and oxygen atoms in total. The van der Waals surface area contributed by atoms with E-state index in [4.69, 9.17) is 0 Å². The number of hydrogen-bond acceptors (Lipinski definition) is 0. The molecule has 0 fully saturated rings. The Morgan fingerprint density at radius 1 is 0.800 bits per heavy atom. The molecule has 0 saturated carbocycles. The molecule has 2 rings (SSSR count). The highest BCUT2D eigenvalue weighted by Crippen LogP contribution is 2.32. The molecule has 0 atom stereocenters. The van der Waals surface area contributed by atoms with Crippen LogP contribution in [0.1, 0.15) is 48.9 Å². The minimum absolute atomic E-state index is 1.13. The standard InChI is InChI=1S/C20H24/c1-5-10-20(19-14-9-7-12-16(19)3)17(4)18-13-8-6-11-15(18)2/h6-9,11-14H,5,10H2,1-4H3/b20-17+. The zero-order chi connectivity index (χ0) is 14.5. The van der Waals surface area contributed by atoms with E-state index in [9.17, 15) is 0 Å². The maximum atomic E-state index is 2.26. The van der Waals surface area contributed by atoms with Gasteiger partial charge in [-0.25, -0.2) is 0 Å². The van der Waals surface area contributed by atoms with Crippen LogP contribution in [0.5, 0.6) is 0 Å². The van der Waals surface area contributed by atoms with Gasteiger partial charge in [0, 0.05) is 0 Å². The molecule has 2 aromatic rings. The summed E-state index contributed by atoms with van der Waals surface area (Å²) in [5, 5.41) is 0. The van der Waals surface area contributed by atoms with Crippen molar-refractivity contribution >= 4 is 11.1 Å². The Hall–Kier alpha value is -1.82. The highest BCUT2D eigenvalue weighted by molar-refractivity contribution is 5.91. The van der Waals surface area contributed by atoms with Crippen molar-refractivity contribution in [3.8, 4) is 0 Å². The van der Waals surface area contributed by atoms with Crippen LogP contribution < -0.4 is 0 Å². The van der Waals surface area contributed by atoms with E-state index < -0.39 is 0 Å². The normalized spacial score (nSPS) is 12.2. The number of rotatable bonds is 4. The van der Waals surface area contributed by atoms with Gasteiger partial charge in [-0.2, -0.15) is 0 Å². The second-order valence-electron chi connectivity index (χ2n) is 5.48. The van der Waals surface area contributed by atoms with Crippen molar-refractivity contribution in [2.75, 3.05) is 0 Å². The van der Waals surface area contributed by atoms with Gasteiger partial charge in [0.1, 0.15) is 0 Å². The summed E-state index contributed by atoms with van der Waals surface area (Å²) in [5.74, 6) is 0. The zero-order valence-electron chi connectivity index (χ0n) is 13.0. The molecule has 0 amide bonds. The van der Waals surface area contributed by atoms with Crippen molar-refractivity contribution in [2.45, 2.75) is 40.5 Å². The second-order valence-corrected chi connectivity index (χ2v) is 5.48. The lowest BCUT2D eigenvalue weighted by Gasteiger charge is -2.16. The van der Waals surface area contributed by atoms with E-state index in [1.54, 1.807) is 0 Å². The maximum Gasteiger partial charge on any atom is -0.0192 e. The number of allylic oxidation sites excluding steroid dienone is 2. The molecule has 104 valence electrons. The Bertz CT molecular complexity index is 617. The van der Waals surface area contributed by atoms with E-state index in [0.717, 1.165) is 6.42 Å². The highest BCUT2D eigenvalue weighted by atomic mass is 14.1. The van der Waals surface area contributed by atoms with Gasteiger partial charge in [-0.15, -0.1) is 0 Å². The van der Waals surface area contributed by atoms with Crippen molar-refractivity contribution in [1.82, 2.24) is 0 Å². The van der Waals surface area contributed by atoms with Crippen LogP contribution in [-0.4, -0.2) is 0 Å². The Morgan fingerprint density at radius 3 is 1.80 bits per heavy atom. The number of aryl methyl sites for hydroxylation is 2. The molecule has 0 unspecified atom stereocenters. The Morgan fingerprint density at radius 2 is 1.30 bits per heavy atom. The van der Waals surface area contributed by atoms with E-state index in [0.29, 0.717) is 0 Å². The summed E-state index contributed by atoms with van der Waals surface area (Å²) in [6.45, 7) is 8.92. The van der Waals surface area contributed by atoms with Crippen LogP contribution in [0, 0.1) is 13.8 Å². The van der Waals surface area contributed by atoms with Gasteiger partial charge in [0.25, 0.3) is 0 Å². The summed E-state index contributed by atoms with van der Waals surface area (Å²) < 4.78 is 0. The molecule has 0 aromatic heterocycles. The first-order chi connectivity index (χ1) is 9.65. The highest BCUT2D eigenvalue weighted by Gasteiger charge is 2.10. The Labute approximate surface area is 123 Å². The summed E-state index contributed by atoms with van der Waals surface area (Å²) in [5.41, 5.74) is 8.39. The van der Waals surface area contributed by atoms with Crippen LogP contribution in [-0.2, 0) is 0 Å². The van der Waals surface area contributed by atoms with E-state index >= 15 is 0 Å². The molecule has 0 aliphatic carbocycles. The van der Waals surface area contributed by atoms with E-state index in [1.807, 2.05) is 0 Å². The SMILES string of the molecule is CCC/C(=C(/C)c1ccccc1C)c1ccccc1C. The van der Waals surface area contributed by atoms with Gasteiger partial charge in [0.2, 0.25) is 0 Å². The van der Waals surface area contributed by atoms with Gasteiger partial charge in [-0.1, -0.05) is 61.9 Å². The maximum absolute atomic E-state index is 2.26. The van der Waals surface area contributed by atoms with Crippen molar-refractivity contribution in [3.05, 3.63) is 70.8 Å². The fourth-order valence-corrected chi connectivity index (χ4v) is 2.84. The summed E-state index contributed by atoms with van der Waals surface area (Å²) in [6.07, 6.45) is 2.30. The van der Waals surface area contributed by atoms with E-state index in [1.165, 1.54) is 39.8 Å². The van der Waals surface area contributed by atoms with E-state index in [2.05, 4.69) is 76.2 Å². The third-order valence-electron chi connectivity index (χ3n) is 3.97. The third kappa shape index (κ3) is 3.01. The van der Waals surface area contributed by atoms with Crippen LogP contribution in [0.2, 0.25) is 0 Å². The quantitative estimate of drug-likeness (QED) is 0.591. The first-order valence-corrected chi connectivity index (χ1v) is 7.47. The summed E-state index contributed by atoms with van der Waals surface area (Å²) in [4.78, 5) is 0. The largest absolute Gasteiger partial charge is 0.0651 e. The smallest absolute Gasteiger partial charge is 0.0192 e. The lowest BCUT2D eigenvalue weighted by atomic mass is 9.89. The predicted molar refractivity (Wildman–Crippen MR) is 89.8 cm³/mol. The zero-order valence-corrected chi connectivity index (χ0v) is 13.0.